The van der Waals surface area contributed by atoms with Crippen molar-refractivity contribution < 1.29 is 22.0 Å². The molecule has 6 heteroatoms. The lowest BCUT2D eigenvalue weighted by molar-refractivity contribution is -0.0702. The van der Waals surface area contributed by atoms with Crippen molar-refractivity contribution in [1.82, 2.24) is 0 Å². The molecule has 0 bridgehead atoms. The average Bonchev–Trinajstić information content (AvgIpc) is 1.57. The van der Waals surface area contributed by atoms with Gasteiger partial charge in [-0.25, -0.2) is 0 Å². The van der Waals surface area contributed by atoms with Crippen LogP contribution in [0.25, 0.3) is 0 Å². The molecule has 0 aliphatic carbocycles. The van der Waals surface area contributed by atoms with Gasteiger partial charge in [-0.3, -0.25) is 0 Å². The number of hydrogen-bond donors (Lipinski definition) is 0. The molecule has 0 radical (unpaired) electrons. The second kappa shape index (κ2) is 2.62. The zero-order valence-electron chi connectivity index (χ0n) is 4.27. The van der Waals surface area contributed by atoms with Gasteiger partial charge in [-0.05, 0) is 17.5 Å². The van der Waals surface area contributed by atoms with E-state index in [9.17, 15) is 22.0 Å². The van der Waals surface area contributed by atoms with E-state index in [1.54, 1.807) is 0 Å². The van der Waals surface area contributed by atoms with Gasteiger partial charge < -0.3 is 0 Å². The van der Waals surface area contributed by atoms with Crippen LogP contribution >= 0.6 is 11.6 Å². The highest BCUT2D eigenvalue weighted by Gasteiger charge is 2.27. The highest BCUT2D eigenvalue weighted by atomic mass is 35.5. The van der Waals surface area contributed by atoms with E-state index < -0.39 is 11.6 Å². The molecule has 0 saturated heterocycles. The third kappa shape index (κ3) is 7.50. The maximum absolute atomic E-state index is 11.3. The smallest absolute Gasteiger partial charge is 0.175 e. The van der Waals surface area contributed by atoms with Crippen molar-refractivity contribution in [3.05, 3.63) is 0 Å². The Balaban J connectivity index is 4.19. The molecule has 0 aromatic heterocycles. The summed E-state index contributed by atoms with van der Waals surface area (Å²) in [5.74, 6) is 0.849. The van der Waals surface area contributed by atoms with Crippen LogP contribution in [-0.2, 0) is 0 Å². The first-order chi connectivity index (χ1) is 4.21. The number of alkyl halides is 6. The molecule has 0 rings (SSSR count). The second-order valence-electron chi connectivity index (χ2n) is 1.25. The maximum Gasteiger partial charge on any atom is 0.457 e. The first-order valence-corrected chi connectivity index (χ1v) is 2.26. The van der Waals surface area contributed by atoms with Crippen LogP contribution in [-0.4, -0.2) is 11.6 Å². The van der Waals surface area contributed by atoms with Crippen LogP contribution in [0.5, 0.6) is 0 Å². The van der Waals surface area contributed by atoms with Gasteiger partial charge in [-0.1, -0.05) is 0 Å². The fourth-order valence-corrected chi connectivity index (χ4v) is 0.189. The number of hydrogen-bond acceptors (Lipinski definition) is 0. The molecule has 58 valence electrons. The van der Waals surface area contributed by atoms with Crippen LogP contribution in [0.3, 0.4) is 0 Å². The minimum atomic E-state index is -4.92. The molecule has 0 aliphatic heterocycles. The van der Waals surface area contributed by atoms with Gasteiger partial charge in [0.25, 0.3) is 0 Å². The Morgan fingerprint density at radius 1 is 0.900 bits per heavy atom. The molecule has 0 fully saturated rings. The second-order valence-corrected chi connectivity index (χ2v) is 1.72. The van der Waals surface area contributed by atoms with Crippen molar-refractivity contribution in [2.75, 3.05) is 0 Å². The summed E-state index contributed by atoms with van der Waals surface area (Å²) in [5, 5.41) is -4.10. The summed E-state index contributed by atoms with van der Waals surface area (Å²) in [6, 6.07) is 0. The predicted octanol–water partition coefficient (Wildman–Crippen LogP) is 2.38. The number of halogens is 6. The molecule has 0 aromatic carbocycles. The van der Waals surface area contributed by atoms with Crippen molar-refractivity contribution in [3.63, 3.8) is 0 Å². The molecule has 0 unspecified atom stereocenters. The zero-order valence-corrected chi connectivity index (χ0v) is 5.02. The van der Waals surface area contributed by atoms with Crippen molar-refractivity contribution >= 4 is 11.6 Å². The van der Waals surface area contributed by atoms with E-state index in [4.69, 9.17) is 0 Å². The van der Waals surface area contributed by atoms with E-state index >= 15 is 0 Å². The van der Waals surface area contributed by atoms with Gasteiger partial charge in [-0.2, -0.15) is 22.0 Å². The van der Waals surface area contributed by atoms with E-state index in [0.717, 1.165) is 0 Å². The molecule has 10 heavy (non-hydrogen) atoms. The largest absolute Gasteiger partial charge is 0.457 e. The molecule has 0 amide bonds. The monoisotopic (exact) mass is 178 g/mol. The van der Waals surface area contributed by atoms with Gasteiger partial charge in [0.05, 0.1) is 0 Å². The van der Waals surface area contributed by atoms with Gasteiger partial charge in [0.15, 0.2) is 0 Å². The first-order valence-electron chi connectivity index (χ1n) is 1.88. The van der Waals surface area contributed by atoms with Gasteiger partial charge in [0.2, 0.25) is 0 Å². The topological polar surface area (TPSA) is 0 Å². The lowest BCUT2D eigenvalue weighted by Crippen LogP contribution is -2.06. The summed E-state index contributed by atoms with van der Waals surface area (Å²) in [7, 11) is 0. The molecule has 0 atom stereocenters. The average molecular weight is 178 g/mol. The van der Waals surface area contributed by atoms with Crippen molar-refractivity contribution in [1.29, 1.82) is 0 Å². The Labute approximate surface area is 58.0 Å². The van der Waals surface area contributed by atoms with E-state index in [0.29, 0.717) is 11.8 Å². The van der Waals surface area contributed by atoms with Crippen LogP contribution < -0.4 is 0 Å². The third-order valence-corrected chi connectivity index (χ3v) is 0.440. The summed E-state index contributed by atoms with van der Waals surface area (Å²) in [6.45, 7) is 0. The van der Waals surface area contributed by atoms with Crippen molar-refractivity contribution in [2.24, 2.45) is 0 Å². The highest BCUT2D eigenvalue weighted by molar-refractivity contribution is 6.23. The molecule has 0 nitrogen and oxygen atoms in total. The van der Waals surface area contributed by atoms with E-state index in [2.05, 4.69) is 11.6 Å². The van der Waals surface area contributed by atoms with E-state index in [1.165, 1.54) is 0 Å². The molecule has 0 saturated carbocycles. The van der Waals surface area contributed by atoms with Gasteiger partial charge in [-0.15, -0.1) is 0 Å². The molecule has 0 heterocycles. The fourth-order valence-electron chi connectivity index (χ4n) is 0.142. The van der Waals surface area contributed by atoms with E-state index in [-0.39, 0.29) is 0 Å². The molecule has 0 N–H and O–H groups in total. The van der Waals surface area contributed by atoms with Gasteiger partial charge in [0.1, 0.15) is 0 Å². The Morgan fingerprint density at radius 2 is 1.30 bits per heavy atom. The van der Waals surface area contributed by atoms with Gasteiger partial charge >= 0.3 is 11.6 Å². The van der Waals surface area contributed by atoms with Crippen LogP contribution in [0.1, 0.15) is 0 Å². The van der Waals surface area contributed by atoms with Crippen molar-refractivity contribution in [2.45, 2.75) is 11.6 Å². The quantitative estimate of drug-likeness (QED) is 0.304. The van der Waals surface area contributed by atoms with E-state index in [1.807, 2.05) is 0 Å². The maximum atomic E-state index is 11.3. The lowest BCUT2D eigenvalue weighted by Gasteiger charge is -1.96. The summed E-state index contributed by atoms with van der Waals surface area (Å²) in [4.78, 5) is 0. The zero-order chi connectivity index (χ0) is 8.41. The normalized spacial score (nSPS) is 12.2. The van der Waals surface area contributed by atoms with Crippen molar-refractivity contribution in [3.8, 4) is 11.8 Å². The minimum absolute atomic E-state index is 0.330. The lowest BCUT2D eigenvalue weighted by atomic mass is 10.6. The Kier molecular flexibility index (Phi) is 2.49. The van der Waals surface area contributed by atoms with Crippen LogP contribution in [0.4, 0.5) is 22.0 Å². The molecule has 0 aromatic rings. The summed E-state index contributed by atoms with van der Waals surface area (Å²) in [6.07, 6.45) is -4.92. The Hall–Kier alpha value is -0.500. The fraction of sp³-hybridized carbons (Fsp3) is 0.500. The van der Waals surface area contributed by atoms with Gasteiger partial charge in [0, 0.05) is 5.92 Å². The first kappa shape index (κ1) is 9.50. The van der Waals surface area contributed by atoms with Crippen LogP contribution in [0.15, 0.2) is 0 Å². The number of rotatable bonds is 0. The minimum Gasteiger partial charge on any atom is -0.175 e. The SMILES string of the molecule is FC(F)(F)C#CC(F)(F)Cl. The summed E-state index contributed by atoms with van der Waals surface area (Å²) < 4.78 is 55.8. The molecular weight excluding hydrogens is 178 g/mol. The summed E-state index contributed by atoms with van der Waals surface area (Å²) >= 11 is 4.03. The summed E-state index contributed by atoms with van der Waals surface area (Å²) in [5.41, 5.74) is 0. The Bertz CT molecular complexity index is 147. The predicted molar refractivity (Wildman–Crippen MR) is 24.6 cm³/mol. The molecular formula is C4ClF5. The van der Waals surface area contributed by atoms with Crippen LogP contribution in [0, 0.1) is 11.8 Å². The Morgan fingerprint density at radius 3 is 1.40 bits per heavy atom. The molecule has 0 aliphatic rings. The molecule has 0 spiro atoms. The van der Waals surface area contributed by atoms with Crippen LogP contribution in [0.2, 0.25) is 0 Å². The highest BCUT2D eigenvalue weighted by Crippen LogP contribution is 2.19. The third-order valence-electron chi connectivity index (χ3n) is 0.346. The standard InChI is InChI=1S/C4ClF5/c5-3(6,7)1-2-4(8,9)10.